The van der Waals surface area contributed by atoms with Gasteiger partial charge in [0.1, 0.15) is 5.76 Å². The van der Waals surface area contributed by atoms with Crippen molar-refractivity contribution in [2.24, 2.45) is 0 Å². The lowest BCUT2D eigenvalue weighted by atomic mass is 10.1. The average Bonchev–Trinajstić information content (AvgIpc) is 2.31. The largest absolute Gasteiger partial charge is 0.363 e. The molecule has 0 spiro atoms. The van der Waals surface area contributed by atoms with Crippen molar-refractivity contribution in [2.45, 2.75) is 46.1 Å². The van der Waals surface area contributed by atoms with Crippen LogP contribution in [0.2, 0.25) is 0 Å². The molecular formula is C10H18N2O. The van der Waals surface area contributed by atoms with E-state index >= 15 is 0 Å². The van der Waals surface area contributed by atoms with Crippen LogP contribution in [0.3, 0.4) is 0 Å². The number of aromatic nitrogens is 1. The first-order valence-corrected chi connectivity index (χ1v) is 4.63. The van der Waals surface area contributed by atoms with E-state index in [-0.39, 0.29) is 5.54 Å². The summed E-state index contributed by atoms with van der Waals surface area (Å²) in [6.07, 6.45) is 0. The van der Waals surface area contributed by atoms with Gasteiger partial charge in [-0.2, -0.15) is 0 Å². The first kappa shape index (κ1) is 10.1. The zero-order valence-corrected chi connectivity index (χ0v) is 9.01. The summed E-state index contributed by atoms with van der Waals surface area (Å²) in [7, 11) is 0. The summed E-state index contributed by atoms with van der Waals surface area (Å²) in [5.41, 5.74) is 0.0329. The second kappa shape index (κ2) is 3.40. The second-order valence-electron chi connectivity index (χ2n) is 4.64. The van der Waals surface area contributed by atoms with Crippen LogP contribution in [-0.2, 0) is 0 Å². The van der Waals surface area contributed by atoms with Crippen LogP contribution in [0.4, 0.5) is 5.82 Å². The van der Waals surface area contributed by atoms with Gasteiger partial charge in [-0.05, 0) is 20.8 Å². The van der Waals surface area contributed by atoms with Crippen molar-refractivity contribution in [1.82, 2.24) is 5.16 Å². The maximum Gasteiger partial charge on any atom is 0.170 e. The molecule has 0 fully saturated rings. The van der Waals surface area contributed by atoms with Crippen LogP contribution >= 0.6 is 0 Å². The van der Waals surface area contributed by atoms with Crippen LogP contribution < -0.4 is 5.32 Å². The van der Waals surface area contributed by atoms with Crippen molar-refractivity contribution >= 4 is 5.82 Å². The Labute approximate surface area is 79.5 Å². The van der Waals surface area contributed by atoms with E-state index in [9.17, 15) is 0 Å². The minimum Gasteiger partial charge on any atom is -0.363 e. The van der Waals surface area contributed by atoms with Gasteiger partial charge in [0.15, 0.2) is 5.82 Å². The fourth-order valence-corrected chi connectivity index (χ4v) is 1.00. The highest BCUT2D eigenvalue weighted by Gasteiger charge is 2.13. The molecule has 0 saturated carbocycles. The molecule has 0 radical (unpaired) electrons. The van der Waals surface area contributed by atoms with Crippen LogP contribution in [0.15, 0.2) is 10.6 Å². The van der Waals surface area contributed by atoms with E-state index in [1.54, 1.807) is 0 Å². The Bertz CT molecular complexity index is 271. The monoisotopic (exact) mass is 182 g/mol. The maximum absolute atomic E-state index is 5.16. The molecule has 1 aromatic rings. The highest BCUT2D eigenvalue weighted by atomic mass is 16.5. The van der Waals surface area contributed by atoms with Gasteiger partial charge in [0.05, 0.1) is 0 Å². The molecule has 0 amide bonds. The third kappa shape index (κ3) is 3.09. The molecule has 0 atom stereocenters. The van der Waals surface area contributed by atoms with Crippen molar-refractivity contribution in [2.75, 3.05) is 5.32 Å². The lowest BCUT2D eigenvalue weighted by Gasteiger charge is -2.19. The van der Waals surface area contributed by atoms with Crippen LogP contribution in [-0.4, -0.2) is 10.7 Å². The SMILES string of the molecule is CC(C)c1cc(NC(C)(C)C)no1. The number of nitrogens with zero attached hydrogens (tertiary/aromatic N) is 1. The molecule has 0 aromatic carbocycles. The van der Waals surface area contributed by atoms with Crippen LogP contribution in [0, 0.1) is 0 Å². The molecule has 0 saturated heterocycles. The Morgan fingerprint density at radius 3 is 2.38 bits per heavy atom. The van der Waals surface area contributed by atoms with E-state index in [2.05, 4.69) is 45.1 Å². The molecule has 74 valence electrons. The van der Waals surface area contributed by atoms with Gasteiger partial charge in [0.25, 0.3) is 0 Å². The van der Waals surface area contributed by atoms with Gasteiger partial charge in [0, 0.05) is 17.5 Å². The second-order valence-corrected chi connectivity index (χ2v) is 4.64. The predicted molar refractivity (Wildman–Crippen MR) is 54.0 cm³/mol. The Morgan fingerprint density at radius 2 is 2.00 bits per heavy atom. The average molecular weight is 182 g/mol. The number of rotatable bonds is 2. The molecule has 0 aliphatic carbocycles. The molecule has 1 rings (SSSR count). The number of nitrogens with one attached hydrogen (secondary N) is 1. The molecule has 3 nitrogen and oxygen atoms in total. The summed E-state index contributed by atoms with van der Waals surface area (Å²) in [6, 6.07) is 1.95. The van der Waals surface area contributed by atoms with E-state index in [1.807, 2.05) is 6.07 Å². The number of anilines is 1. The first-order chi connectivity index (χ1) is 5.88. The van der Waals surface area contributed by atoms with Crippen molar-refractivity contribution in [3.63, 3.8) is 0 Å². The molecule has 1 heterocycles. The third-order valence-electron chi connectivity index (χ3n) is 1.60. The summed E-state index contributed by atoms with van der Waals surface area (Å²) < 4.78 is 5.16. The molecule has 0 aliphatic rings. The van der Waals surface area contributed by atoms with Gasteiger partial charge in [-0.3, -0.25) is 0 Å². The predicted octanol–water partition coefficient (Wildman–Crippen LogP) is 3.01. The summed E-state index contributed by atoms with van der Waals surface area (Å²) in [5.74, 6) is 2.13. The zero-order valence-electron chi connectivity index (χ0n) is 9.01. The van der Waals surface area contributed by atoms with Crippen LogP contribution in [0.25, 0.3) is 0 Å². The molecule has 0 unspecified atom stereocenters. The van der Waals surface area contributed by atoms with E-state index in [4.69, 9.17) is 4.52 Å². The smallest absolute Gasteiger partial charge is 0.170 e. The minimum atomic E-state index is 0.0329. The normalized spacial score (nSPS) is 12.2. The van der Waals surface area contributed by atoms with Crippen molar-refractivity contribution in [1.29, 1.82) is 0 Å². The summed E-state index contributed by atoms with van der Waals surface area (Å²) >= 11 is 0. The molecular weight excluding hydrogens is 164 g/mol. The highest BCUT2D eigenvalue weighted by molar-refractivity contribution is 5.36. The Balaban J connectivity index is 2.70. The molecule has 3 heteroatoms. The molecule has 0 aliphatic heterocycles. The Kier molecular flexibility index (Phi) is 2.64. The summed E-state index contributed by atoms with van der Waals surface area (Å²) in [5, 5.41) is 7.19. The van der Waals surface area contributed by atoms with Gasteiger partial charge in [-0.15, -0.1) is 0 Å². The quantitative estimate of drug-likeness (QED) is 0.764. The lowest BCUT2D eigenvalue weighted by molar-refractivity contribution is 0.372. The number of hydrogen-bond donors (Lipinski definition) is 1. The maximum atomic E-state index is 5.16. The van der Waals surface area contributed by atoms with Crippen molar-refractivity contribution in [3.05, 3.63) is 11.8 Å². The standard InChI is InChI=1S/C10H18N2O/c1-7(2)8-6-9(12-13-8)11-10(3,4)5/h6-7H,1-5H3,(H,11,12). The van der Waals surface area contributed by atoms with Crippen molar-refractivity contribution in [3.8, 4) is 0 Å². The Hall–Kier alpha value is -0.990. The summed E-state index contributed by atoms with van der Waals surface area (Å²) in [4.78, 5) is 0. The number of hydrogen-bond acceptors (Lipinski definition) is 3. The topological polar surface area (TPSA) is 38.1 Å². The zero-order chi connectivity index (χ0) is 10.1. The van der Waals surface area contributed by atoms with Gasteiger partial charge >= 0.3 is 0 Å². The van der Waals surface area contributed by atoms with Crippen LogP contribution in [0.1, 0.15) is 46.3 Å². The highest BCUT2D eigenvalue weighted by Crippen LogP contribution is 2.20. The summed E-state index contributed by atoms with van der Waals surface area (Å²) in [6.45, 7) is 10.5. The lowest BCUT2D eigenvalue weighted by Crippen LogP contribution is -2.26. The minimum absolute atomic E-state index is 0.0329. The molecule has 0 bridgehead atoms. The third-order valence-corrected chi connectivity index (χ3v) is 1.60. The van der Waals surface area contributed by atoms with E-state index in [0.717, 1.165) is 11.6 Å². The fourth-order valence-electron chi connectivity index (χ4n) is 1.00. The first-order valence-electron chi connectivity index (χ1n) is 4.63. The Morgan fingerprint density at radius 1 is 1.38 bits per heavy atom. The molecule has 13 heavy (non-hydrogen) atoms. The van der Waals surface area contributed by atoms with Gasteiger partial charge < -0.3 is 9.84 Å². The van der Waals surface area contributed by atoms with Gasteiger partial charge in [-0.1, -0.05) is 19.0 Å². The van der Waals surface area contributed by atoms with Crippen LogP contribution in [0.5, 0.6) is 0 Å². The van der Waals surface area contributed by atoms with Gasteiger partial charge in [-0.25, -0.2) is 0 Å². The molecule has 1 N–H and O–H groups in total. The van der Waals surface area contributed by atoms with E-state index in [0.29, 0.717) is 5.92 Å². The van der Waals surface area contributed by atoms with Crippen molar-refractivity contribution < 1.29 is 4.52 Å². The fraction of sp³-hybridized carbons (Fsp3) is 0.700. The molecule has 1 aromatic heterocycles. The van der Waals surface area contributed by atoms with E-state index < -0.39 is 0 Å². The van der Waals surface area contributed by atoms with Gasteiger partial charge in [0.2, 0.25) is 0 Å². The van der Waals surface area contributed by atoms with E-state index in [1.165, 1.54) is 0 Å².